The van der Waals surface area contributed by atoms with Crippen LogP contribution in [-0.2, 0) is 11.3 Å². The van der Waals surface area contributed by atoms with Crippen molar-refractivity contribution >= 4 is 18.3 Å². The zero-order chi connectivity index (χ0) is 18.0. The summed E-state index contributed by atoms with van der Waals surface area (Å²) in [6.45, 7) is 6.53. The number of benzene rings is 1. The minimum atomic E-state index is -0.402. The van der Waals surface area contributed by atoms with E-state index >= 15 is 0 Å². The fourth-order valence-corrected chi connectivity index (χ4v) is 3.84. The van der Waals surface area contributed by atoms with Crippen molar-refractivity contribution < 1.29 is 4.79 Å². The normalized spacial score (nSPS) is 22.5. The van der Waals surface area contributed by atoms with Gasteiger partial charge in [0, 0.05) is 23.3 Å². The maximum Gasteiger partial charge on any atom is 0.225 e. The van der Waals surface area contributed by atoms with E-state index in [-0.39, 0.29) is 24.2 Å². The minimum absolute atomic E-state index is 0. The largest absolute Gasteiger partial charge is 0.352 e. The molecule has 0 saturated heterocycles. The third-order valence-corrected chi connectivity index (χ3v) is 5.45. The van der Waals surface area contributed by atoms with E-state index in [4.69, 9.17) is 5.73 Å². The Morgan fingerprint density at radius 3 is 2.65 bits per heavy atom. The molecule has 1 aromatic carbocycles. The Labute approximate surface area is 161 Å². The fourth-order valence-electron chi connectivity index (χ4n) is 3.84. The van der Waals surface area contributed by atoms with Gasteiger partial charge in [-0.2, -0.15) is 5.10 Å². The number of carbonyl (C=O) groups excluding carboxylic acids is 1. The van der Waals surface area contributed by atoms with Gasteiger partial charge in [0.15, 0.2) is 0 Å². The van der Waals surface area contributed by atoms with Crippen molar-refractivity contribution in [1.29, 1.82) is 0 Å². The highest BCUT2D eigenvalue weighted by atomic mass is 35.5. The molecule has 0 aliphatic heterocycles. The fraction of sp³-hybridized carbons (Fsp3) is 0.500. The number of amides is 1. The van der Waals surface area contributed by atoms with Gasteiger partial charge in [0.05, 0.1) is 17.3 Å². The summed E-state index contributed by atoms with van der Waals surface area (Å²) in [5.74, 6) is -0.0398. The first kappa shape index (κ1) is 20.5. The molecule has 3 N–H and O–H groups in total. The molecule has 0 spiro atoms. The highest BCUT2D eigenvalue weighted by Crippen LogP contribution is 2.31. The first-order valence-electron chi connectivity index (χ1n) is 9.07. The number of rotatable bonds is 4. The summed E-state index contributed by atoms with van der Waals surface area (Å²) in [6.07, 6.45) is 3.98. The molecule has 1 aromatic heterocycles. The second-order valence-electron chi connectivity index (χ2n) is 7.42. The van der Waals surface area contributed by atoms with Crippen LogP contribution in [0.2, 0.25) is 0 Å². The molecule has 1 aliphatic carbocycles. The molecule has 1 heterocycles. The van der Waals surface area contributed by atoms with Crippen LogP contribution >= 0.6 is 12.4 Å². The minimum Gasteiger partial charge on any atom is -0.352 e. The average Bonchev–Trinajstić information content (AvgIpc) is 2.87. The Kier molecular flexibility index (Phi) is 6.48. The smallest absolute Gasteiger partial charge is 0.225 e. The predicted octanol–water partition coefficient (Wildman–Crippen LogP) is 3.43. The summed E-state index contributed by atoms with van der Waals surface area (Å²) in [6, 6.07) is 10.1. The molecular weight excluding hydrogens is 348 g/mol. The van der Waals surface area contributed by atoms with Crippen molar-refractivity contribution in [2.45, 2.75) is 58.5 Å². The van der Waals surface area contributed by atoms with E-state index in [9.17, 15) is 4.79 Å². The number of halogens is 1. The Balaban J connectivity index is 0.00000243. The third-order valence-electron chi connectivity index (χ3n) is 5.45. The van der Waals surface area contributed by atoms with Crippen LogP contribution in [0.1, 0.15) is 49.6 Å². The van der Waals surface area contributed by atoms with Crippen molar-refractivity contribution in [1.82, 2.24) is 15.1 Å². The molecule has 1 saturated carbocycles. The topological polar surface area (TPSA) is 72.9 Å². The average molecular weight is 377 g/mol. The number of carbonyl (C=O) groups is 1. The highest BCUT2D eigenvalue weighted by Gasteiger charge is 2.37. The molecule has 0 bridgehead atoms. The predicted molar refractivity (Wildman–Crippen MR) is 107 cm³/mol. The Morgan fingerprint density at radius 2 is 2.00 bits per heavy atom. The van der Waals surface area contributed by atoms with Crippen LogP contribution in [0.5, 0.6) is 0 Å². The van der Waals surface area contributed by atoms with Gasteiger partial charge in [0.1, 0.15) is 0 Å². The lowest BCUT2D eigenvalue weighted by molar-refractivity contribution is -0.128. The van der Waals surface area contributed by atoms with Crippen LogP contribution in [0.3, 0.4) is 0 Å². The Bertz CT molecular complexity index is 755. The van der Waals surface area contributed by atoms with Crippen molar-refractivity contribution in [2.75, 3.05) is 0 Å². The molecule has 26 heavy (non-hydrogen) atoms. The van der Waals surface area contributed by atoms with E-state index in [0.29, 0.717) is 6.54 Å². The summed E-state index contributed by atoms with van der Waals surface area (Å²) >= 11 is 0. The van der Waals surface area contributed by atoms with Gasteiger partial charge in [-0.25, -0.2) is 4.68 Å². The van der Waals surface area contributed by atoms with Crippen molar-refractivity contribution in [3.63, 3.8) is 0 Å². The third kappa shape index (κ3) is 4.10. The van der Waals surface area contributed by atoms with Gasteiger partial charge in [0.2, 0.25) is 5.91 Å². The van der Waals surface area contributed by atoms with Crippen molar-refractivity contribution in [3.05, 3.63) is 47.3 Å². The summed E-state index contributed by atoms with van der Waals surface area (Å²) < 4.78 is 1.94. The number of para-hydroxylation sites is 1. The van der Waals surface area contributed by atoms with Gasteiger partial charge in [-0.15, -0.1) is 12.4 Å². The maximum atomic E-state index is 12.7. The zero-order valence-electron chi connectivity index (χ0n) is 15.8. The Hall–Kier alpha value is -1.85. The van der Waals surface area contributed by atoms with E-state index in [2.05, 4.69) is 10.4 Å². The summed E-state index contributed by atoms with van der Waals surface area (Å²) in [4.78, 5) is 12.7. The molecular formula is C20H29ClN4O. The van der Waals surface area contributed by atoms with Crippen LogP contribution < -0.4 is 11.1 Å². The van der Waals surface area contributed by atoms with Gasteiger partial charge < -0.3 is 11.1 Å². The Morgan fingerprint density at radius 1 is 1.31 bits per heavy atom. The number of nitrogens with one attached hydrogen (secondary N) is 1. The number of nitrogens with zero attached hydrogens (tertiary/aromatic N) is 2. The maximum absolute atomic E-state index is 12.7. The molecule has 1 aliphatic rings. The van der Waals surface area contributed by atoms with Crippen LogP contribution in [-0.4, -0.2) is 21.2 Å². The van der Waals surface area contributed by atoms with Crippen LogP contribution in [0.15, 0.2) is 30.3 Å². The molecule has 1 amide bonds. The molecule has 2 unspecified atom stereocenters. The van der Waals surface area contributed by atoms with Crippen LogP contribution in [0, 0.1) is 19.8 Å². The van der Waals surface area contributed by atoms with Gasteiger partial charge >= 0.3 is 0 Å². The molecule has 1 fully saturated rings. The van der Waals surface area contributed by atoms with Crippen LogP contribution in [0.4, 0.5) is 0 Å². The number of hydrogen-bond donors (Lipinski definition) is 2. The van der Waals surface area contributed by atoms with Gasteiger partial charge in [-0.3, -0.25) is 4.79 Å². The standard InChI is InChI=1S/C20H28N4O.ClH/c1-14-17(15(2)24(23-14)16-9-5-4-6-10-16)13-22-19(25)18-11-7-8-12-20(18,3)21;/h4-6,9-10,18H,7-8,11-13,21H2,1-3H3,(H,22,25);1H. The van der Waals surface area contributed by atoms with Crippen molar-refractivity contribution in [3.8, 4) is 5.69 Å². The summed E-state index contributed by atoms with van der Waals surface area (Å²) in [5, 5.41) is 7.74. The number of hydrogen-bond acceptors (Lipinski definition) is 3. The summed E-state index contributed by atoms with van der Waals surface area (Å²) in [7, 11) is 0. The highest BCUT2D eigenvalue weighted by molar-refractivity contribution is 5.85. The molecule has 2 atom stereocenters. The van der Waals surface area contributed by atoms with E-state index in [1.165, 1.54) is 0 Å². The van der Waals surface area contributed by atoms with Crippen LogP contribution in [0.25, 0.3) is 5.69 Å². The molecule has 142 valence electrons. The monoisotopic (exact) mass is 376 g/mol. The quantitative estimate of drug-likeness (QED) is 0.858. The number of nitrogens with two attached hydrogens (primary N) is 1. The first-order chi connectivity index (χ1) is 11.9. The molecule has 2 aromatic rings. The van der Waals surface area contributed by atoms with E-state index in [1.807, 2.05) is 55.8 Å². The second-order valence-corrected chi connectivity index (χ2v) is 7.42. The molecule has 6 heteroatoms. The van der Waals surface area contributed by atoms with Gasteiger partial charge in [0.25, 0.3) is 0 Å². The first-order valence-corrected chi connectivity index (χ1v) is 9.07. The van der Waals surface area contributed by atoms with Crippen molar-refractivity contribution in [2.24, 2.45) is 11.7 Å². The lowest BCUT2D eigenvalue weighted by Crippen LogP contribution is -2.52. The van der Waals surface area contributed by atoms with E-state index < -0.39 is 5.54 Å². The van der Waals surface area contributed by atoms with E-state index in [0.717, 1.165) is 48.3 Å². The second kappa shape index (κ2) is 8.23. The van der Waals surface area contributed by atoms with Gasteiger partial charge in [-0.05, 0) is 45.7 Å². The zero-order valence-corrected chi connectivity index (χ0v) is 16.6. The number of aromatic nitrogens is 2. The number of aryl methyl sites for hydroxylation is 1. The van der Waals surface area contributed by atoms with Gasteiger partial charge in [-0.1, -0.05) is 31.0 Å². The lowest BCUT2D eigenvalue weighted by atomic mass is 9.74. The molecule has 0 radical (unpaired) electrons. The molecule has 5 nitrogen and oxygen atoms in total. The molecule has 3 rings (SSSR count). The SMILES string of the molecule is Cc1nn(-c2ccccc2)c(C)c1CNC(=O)C1CCCCC1(C)N.Cl. The summed E-state index contributed by atoms with van der Waals surface area (Å²) in [5.41, 5.74) is 10.1. The lowest BCUT2D eigenvalue weighted by Gasteiger charge is -2.37. The van der Waals surface area contributed by atoms with E-state index in [1.54, 1.807) is 0 Å².